The number of nitrogens with one attached hydrogen (secondary N) is 1. The van der Waals surface area contributed by atoms with Gasteiger partial charge in [-0.1, -0.05) is 13.8 Å². The molecule has 0 atom stereocenters. The minimum atomic E-state index is -0.388. The molecule has 16 heavy (non-hydrogen) atoms. The fraction of sp³-hybridized carbons (Fsp3) is 0.917. The number of hydrogen-bond acceptors (Lipinski definition) is 3. The molecule has 4 nitrogen and oxygen atoms in total. The highest BCUT2D eigenvalue weighted by Crippen LogP contribution is 2.29. The van der Waals surface area contributed by atoms with Gasteiger partial charge in [-0.15, -0.1) is 0 Å². The first kappa shape index (κ1) is 13.5. The molecule has 0 saturated carbocycles. The summed E-state index contributed by atoms with van der Waals surface area (Å²) in [4.78, 5) is 12.2. The Morgan fingerprint density at radius 1 is 1.38 bits per heavy atom. The van der Waals surface area contributed by atoms with Crippen molar-refractivity contribution in [3.8, 4) is 0 Å². The zero-order chi connectivity index (χ0) is 12.0. The molecule has 3 N–H and O–H groups in total. The van der Waals surface area contributed by atoms with Gasteiger partial charge in [0.1, 0.15) is 0 Å². The molecule has 1 saturated heterocycles. The van der Waals surface area contributed by atoms with Crippen LogP contribution < -0.4 is 11.1 Å². The predicted octanol–water partition coefficient (Wildman–Crippen LogP) is 1.05. The molecule has 0 aromatic carbocycles. The quantitative estimate of drug-likeness (QED) is 0.739. The summed E-state index contributed by atoms with van der Waals surface area (Å²) in [5, 5.41) is 3.10. The van der Waals surface area contributed by atoms with Crippen molar-refractivity contribution in [2.45, 2.75) is 45.6 Å². The number of carbonyl (C=O) groups is 1. The zero-order valence-electron chi connectivity index (χ0n) is 10.4. The number of hydrogen-bond donors (Lipinski definition) is 2. The molecular formula is C12H24N2O2. The summed E-state index contributed by atoms with van der Waals surface area (Å²) in [5.74, 6) is 0.118. The van der Waals surface area contributed by atoms with Gasteiger partial charge in [-0.2, -0.15) is 0 Å². The molecule has 4 heteroatoms. The maximum Gasteiger partial charge on any atom is 0.227 e. The van der Waals surface area contributed by atoms with E-state index in [-0.39, 0.29) is 17.4 Å². The van der Waals surface area contributed by atoms with E-state index in [4.69, 9.17) is 10.5 Å². The minimum Gasteiger partial charge on any atom is -0.381 e. The van der Waals surface area contributed by atoms with Crippen LogP contribution in [0.3, 0.4) is 0 Å². The number of carbonyl (C=O) groups excluding carboxylic acids is 1. The van der Waals surface area contributed by atoms with E-state index in [1.165, 1.54) is 0 Å². The second-order valence-corrected chi connectivity index (χ2v) is 4.58. The first-order chi connectivity index (χ1) is 7.68. The van der Waals surface area contributed by atoms with Crippen molar-refractivity contribution in [2.75, 3.05) is 19.8 Å². The lowest BCUT2D eigenvalue weighted by atomic mass is 9.79. The van der Waals surface area contributed by atoms with Crippen LogP contribution in [0.15, 0.2) is 0 Å². The van der Waals surface area contributed by atoms with E-state index >= 15 is 0 Å². The molecular weight excluding hydrogens is 204 g/mol. The monoisotopic (exact) mass is 228 g/mol. The van der Waals surface area contributed by atoms with Crippen LogP contribution in [-0.2, 0) is 9.53 Å². The summed E-state index contributed by atoms with van der Waals surface area (Å²) < 4.78 is 5.30. The lowest BCUT2D eigenvalue weighted by Crippen LogP contribution is -2.51. The Balaban J connectivity index is 2.61. The van der Waals surface area contributed by atoms with Gasteiger partial charge in [0.25, 0.3) is 0 Å². The highest BCUT2D eigenvalue weighted by Gasteiger charge is 2.39. The predicted molar refractivity (Wildman–Crippen MR) is 64.1 cm³/mol. The van der Waals surface area contributed by atoms with E-state index in [2.05, 4.69) is 19.2 Å². The topological polar surface area (TPSA) is 64.4 Å². The summed E-state index contributed by atoms with van der Waals surface area (Å²) in [6, 6.07) is 0.277. The van der Waals surface area contributed by atoms with Crippen molar-refractivity contribution in [1.82, 2.24) is 5.32 Å². The Bertz CT molecular complexity index is 221. The Morgan fingerprint density at radius 2 is 1.94 bits per heavy atom. The summed E-state index contributed by atoms with van der Waals surface area (Å²) in [6.45, 7) is 5.89. The largest absolute Gasteiger partial charge is 0.381 e. The highest BCUT2D eigenvalue weighted by atomic mass is 16.5. The Morgan fingerprint density at radius 3 is 2.38 bits per heavy atom. The van der Waals surface area contributed by atoms with Gasteiger partial charge in [0.2, 0.25) is 5.91 Å². The molecule has 0 spiro atoms. The molecule has 0 aromatic heterocycles. The van der Waals surface area contributed by atoms with Crippen LogP contribution in [0.1, 0.15) is 39.5 Å². The first-order valence-corrected chi connectivity index (χ1v) is 6.27. The maximum absolute atomic E-state index is 12.2. The van der Waals surface area contributed by atoms with Gasteiger partial charge in [-0.05, 0) is 25.7 Å². The van der Waals surface area contributed by atoms with Crippen LogP contribution >= 0.6 is 0 Å². The maximum atomic E-state index is 12.2. The Hall–Kier alpha value is -0.610. The standard InChI is InChI=1S/C12H24N2O2/c1-3-10(4-2)14-11(15)12(9-13)5-7-16-8-6-12/h10H,3-9,13H2,1-2H3,(H,14,15). The van der Waals surface area contributed by atoms with Crippen molar-refractivity contribution in [1.29, 1.82) is 0 Å². The Kier molecular flexibility index (Phi) is 5.22. The summed E-state index contributed by atoms with van der Waals surface area (Å²) in [6.07, 6.45) is 3.43. The van der Waals surface area contributed by atoms with Gasteiger partial charge >= 0.3 is 0 Å². The molecule has 0 bridgehead atoms. The minimum absolute atomic E-state index is 0.118. The van der Waals surface area contributed by atoms with Crippen LogP contribution in [0.25, 0.3) is 0 Å². The molecule has 1 heterocycles. The third kappa shape index (κ3) is 2.95. The lowest BCUT2D eigenvalue weighted by molar-refractivity contribution is -0.136. The van der Waals surface area contributed by atoms with Crippen LogP contribution in [0.2, 0.25) is 0 Å². The summed E-state index contributed by atoms with van der Waals surface area (Å²) >= 11 is 0. The van der Waals surface area contributed by atoms with Crippen molar-refractivity contribution >= 4 is 5.91 Å². The molecule has 0 radical (unpaired) electrons. The summed E-state index contributed by atoms with van der Waals surface area (Å²) in [7, 11) is 0. The van der Waals surface area contributed by atoms with E-state index in [1.54, 1.807) is 0 Å². The van der Waals surface area contributed by atoms with E-state index in [1.807, 2.05) is 0 Å². The van der Waals surface area contributed by atoms with Crippen LogP contribution in [0.5, 0.6) is 0 Å². The van der Waals surface area contributed by atoms with Gasteiger partial charge in [0, 0.05) is 25.8 Å². The van der Waals surface area contributed by atoms with Gasteiger partial charge in [0.05, 0.1) is 5.41 Å². The van der Waals surface area contributed by atoms with Crippen LogP contribution in [0, 0.1) is 5.41 Å². The summed E-state index contributed by atoms with van der Waals surface area (Å²) in [5.41, 5.74) is 5.39. The molecule has 1 fully saturated rings. The number of amides is 1. The number of ether oxygens (including phenoxy) is 1. The van der Waals surface area contributed by atoms with E-state index in [0.29, 0.717) is 19.8 Å². The SMILES string of the molecule is CCC(CC)NC(=O)C1(CN)CCOCC1. The fourth-order valence-electron chi connectivity index (χ4n) is 2.12. The molecule has 1 aliphatic rings. The molecule has 0 unspecified atom stereocenters. The first-order valence-electron chi connectivity index (χ1n) is 6.27. The third-order valence-corrected chi connectivity index (χ3v) is 3.64. The van der Waals surface area contributed by atoms with Crippen LogP contribution in [-0.4, -0.2) is 31.7 Å². The lowest BCUT2D eigenvalue weighted by Gasteiger charge is -2.35. The van der Waals surface area contributed by atoms with Gasteiger partial charge < -0.3 is 15.8 Å². The van der Waals surface area contributed by atoms with Gasteiger partial charge in [-0.3, -0.25) is 4.79 Å². The van der Waals surface area contributed by atoms with E-state index in [0.717, 1.165) is 25.7 Å². The second kappa shape index (κ2) is 6.21. The molecule has 1 aliphatic heterocycles. The fourth-order valence-corrected chi connectivity index (χ4v) is 2.12. The van der Waals surface area contributed by atoms with Gasteiger partial charge in [0.15, 0.2) is 0 Å². The molecule has 0 aromatic rings. The van der Waals surface area contributed by atoms with Gasteiger partial charge in [-0.25, -0.2) is 0 Å². The zero-order valence-corrected chi connectivity index (χ0v) is 10.4. The molecule has 1 amide bonds. The van der Waals surface area contributed by atoms with Crippen molar-refractivity contribution < 1.29 is 9.53 Å². The Labute approximate surface area is 97.9 Å². The van der Waals surface area contributed by atoms with Crippen molar-refractivity contribution in [3.63, 3.8) is 0 Å². The van der Waals surface area contributed by atoms with E-state index in [9.17, 15) is 4.79 Å². The molecule has 1 rings (SSSR count). The second-order valence-electron chi connectivity index (χ2n) is 4.58. The van der Waals surface area contributed by atoms with Crippen LogP contribution in [0.4, 0.5) is 0 Å². The average Bonchev–Trinajstić information content (AvgIpc) is 2.36. The molecule has 94 valence electrons. The third-order valence-electron chi connectivity index (χ3n) is 3.64. The number of nitrogens with two attached hydrogens (primary N) is 1. The van der Waals surface area contributed by atoms with Crippen molar-refractivity contribution in [2.24, 2.45) is 11.1 Å². The normalized spacial score (nSPS) is 19.8. The molecule has 0 aliphatic carbocycles. The highest BCUT2D eigenvalue weighted by molar-refractivity contribution is 5.83. The van der Waals surface area contributed by atoms with E-state index < -0.39 is 0 Å². The van der Waals surface area contributed by atoms with Crippen molar-refractivity contribution in [3.05, 3.63) is 0 Å². The average molecular weight is 228 g/mol. The smallest absolute Gasteiger partial charge is 0.227 e. The number of rotatable bonds is 5.